The summed E-state index contributed by atoms with van der Waals surface area (Å²) >= 11 is 0. The summed E-state index contributed by atoms with van der Waals surface area (Å²) in [4.78, 5) is 11.0. The molecular formula is C22H30N4O4. The highest BCUT2D eigenvalue weighted by Crippen LogP contribution is 2.33. The molecule has 0 spiro atoms. The molecule has 0 atom stereocenters. The first kappa shape index (κ1) is 21.7. The Hall–Kier alpha value is -3.00. The van der Waals surface area contributed by atoms with Crippen LogP contribution < -0.4 is 19.5 Å². The number of ether oxygens (including phenoxy) is 4. The molecule has 0 aliphatic carbocycles. The molecule has 8 heteroatoms. The molecule has 0 amide bonds. The SMILES string of the molecule is CN=C(NCc1cccnc1OCCOC)N1CCc2cc(OC)c(OC)cc2C1. The van der Waals surface area contributed by atoms with Crippen molar-refractivity contribution in [2.24, 2.45) is 4.99 Å². The Labute approximate surface area is 177 Å². The van der Waals surface area contributed by atoms with Crippen LogP contribution in [0.1, 0.15) is 16.7 Å². The van der Waals surface area contributed by atoms with Crippen LogP contribution in [0.3, 0.4) is 0 Å². The van der Waals surface area contributed by atoms with Gasteiger partial charge < -0.3 is 29.2 Å². The number of fused-ring (bicyclic) bond motifs is 1. The Morgan fingerprint density at radius 1 is 1.13 bits per heavy atom. The van der Waals surface area contributed by atoms with Crippen molar-refractivity contribution in [3.63, 3.8) is 0 Å². The van der Waals surface area contributed by atoms with Crippen LogP contribution >= 0.6 is 0 Å². The molecule has 0 saturated heterocycles. The Balaban J connectivity index is 1.67. The van der Waals surface area contributed by atoms with Crippen LogP contribution in [0.15, 0.2) is 35.5 Å². The fraction of sp³-hybridized carbons (Fsp3) is 0.455. The van der Waals surface area contributed by atoms with Crippen molar-refractivity contribution in [2.45, 2.75) is 19.5 Å². The molecule has 1 aromatic heterocycles. The number of hydrogen-bond acceptors (Lipinski definition) is 6. The van der Waals surface area contributed by atoms with Gasteiger partial charge in [0.1, 0.15) is 6.61 Å². The van der Waals surface area contributed by atoms with Gasteiger partial charge in [-0.05, 0) is 35.7 Å². The zero-order chi connectivity index (χ0) is 21.3. The van der Waals surface area contributed by atoms with Crippen molar-refractivity contribution >= 4 is 5.96 Å². The number of methoxy groups -OCH3 is 3. The van der Waals surface area contributed by atoms with Crippen molar-refractivity contribution < 1.29 is 18.9 Å². The second-order valence-corrected chi connectivity index (χ2v) is 6.86. The van der Waals surface area contributed by atoms with Gasteiger partial charge in [-0.1, -0.05) is 6.07 Å². The van der Waals surface area contributed by atoms with Gasteiger partial charge in [-0.2, -0.15) is 0 Å². The summed E-state index contributed by atoms with van der Waals surface area (Å²) in [5, 5.41) is 3.44. The van der Waals surface area contributed by atoms with E-state index in [-0.39, 0.29) is 0 Å². The number of aliphatic imine (C=N–C) groups is 1. The van der Waals surface area contributed by atoms with E-state index in [9.17, 15) is 0 Å². The molecule has 1 aliphatic rings. The molecule has 0 bridgehead atoms. The smallest absolute Gasteiger partial charge is 0.218 e. The van der Waals surface area contributed by atoms with Gasteiger partial charge in [0.15, 0.2) is 17.5 Å². The highest BCUT2D eigenvalue weighted by atomic mass is 16.5. The van der Waals surface area contributed by atoms with Gasteiger partial charge in [0, 0.05) is 45.6 Å². The van der Waals surface area contributed by atoms with E-state index in [4.69, 9.17) is 18.9 Å². The third kappa shape index (κ3) is 5.13. The highest BCUT2D eigenvalue weighted by Gasteiger charge is 2.22. The van der Waals surface area contributed by atoms with Crippen LogP contribution in [-0.2, 0) is 24.2 Å². The van der Waals surface area contributed by atoms with Gasteiger partial charge in [-0.3, -0.25) is 4.99 Å². The van der Waals surface area contributed by atoms with E-state index in [1.807, 2.05) is 12.1 Å². The molecule has 2 aromatic rings. The molecular weight excluding hydrogens is 384 g/mol. The molecule has 0 unspecified atom stereocenters. The van der Waals surface area contributed by atoms with Crippen molar-refractivity contribution in [3.05, 3.63) is 47.2 Å². The largest absolute Gasteiger partial charge is 0.493 e. The average Bonchev–Trinajstić information content (AvgIpc) is 2.79. The topological polar surface area (TPSA) is 77.4 Å². The predicted octanol–water partition coefficient (Wildman–Crippen LogP) is 2.26. The summed E-state index contributed by atoms with van der Waals surface area (Å²) in [5.41, 5.74) is 3.46. The normalized spacial score (nSPS) is 13.6. The number of pyridine rings is 1. The van der Waals surface area contributed by atoms with Crippen LogP contribution in [0.2, 0.25) is 0 Å². The summed E-state index contributed by atoms with van der Waals surface area (Å²) in [5.74, 6) is 2.96. The maximum atomic E-state index is 5.73. The molecule has 162 valence electrons. The Kier molecular flexibility index (Phi) is 7.73. The third-order valence-corrected chi connectivity index (χ3v) is 5.04. The monoisotopic (exact) mass is 414 g/mol. The minimum atomic E-state index is 0.462. The van der Waals surface area contributed by atoms with Crippen molar-refractivity contribution in [1.29, 1.82) is 0 Å². The molecule has 3 rings (SSSR count). The maximum absolute atomic E-state index is 5.73. The molecule has 0 radical (unpaired) electrons. The van der Waals surface area contributed by atoms with Gasteiger partial charge >= 0.3 is 0 Å². The number of nitrogens with one attached hydrogen (secondary N) is 1. The summed E-state index contributed by atoms with van der Waals surface area (Å²) in [7, 11) is 6.77. The Morgan fingerprint density at radius 2 is 1.90 bits per heavy atom. The number of guanidine groups is 1. The van der Waals surface area contributed by atoms with Gasteiger partial charge in [-0.25, -0.2) is 4.98 Å². The van der Waals surface area contributed by atoms with Crippen LogP contribution in [0.4, 0.5) is 0 Å². The van der Waals surface area contributed by atoms with Crippen LogP contribution in [0, 0.1) is 0 Å². The number of benzene rings is 1. The average molecular weight is 415 g/mol. The third-order valence-electron chi connectivity index (χ3n) is 5.04. The number of hydrogen-bond donors (Lipinski definition) is 1. The van der Waals surface area contributed by atoms with Gasteiger partial charge in [0.2, 0.25) is 5.88 Å². The van der Waals surface area contributed by atoms with Crippen LogP contribution in [0.25, 0.3) is 0 Å². The summed E-state index contributed by atoms with van der Waals surface area (Å²) in [6.45, 7) is 3.17. The molecule has 1 aliphatic heterocycles. The Bertz CT molecular complexity index is 872. The lowest BCUT2D eigenvalue weighted by Crippen LogP contribution is -2.43. The van der Waals surface area contributed by atoms with E-state index in [1.54, 1.807) is 34.6 Å². The second kappa shape index (κ2) is 10.7. The summed E-state index contributed by atoms with van der Waals surface area (Å²) in [6, 6.07) is 8.02. The zero-order valence-electron chi connectivity index (χ0n) is 18.1. The number of aromatic nitrogens is 1. The Morgan fingerprint density at radius 3 is 2.60 bits per heavy atom. The quantitative estimate of drug-likeness (QED) is 0.403. The lowest BCUT2D eigenvalue weighted by molar-refractivity contribution is 0.143. The number of rotatable bonds is 8. The van der Waals surface area contributed by atoms with E-state index in [0.29, 0.717) is 25.6 Å². The van der Waals surface area contributed by atoms with E-state index < -0.39 is 0 Å². The first-order chi connectivity index (χ1) is 14.7. The van der Waals surface area contributed by atoms with Crippen LogP contribution in [-0.4, -0.2) is 64.0 Å². The van der Waals surface area contributed by atoms with Gasteiger partial charge in [0.05, 0.1) is 20.8 Å². The fourth-order valence-electron chi connectivity index (χ4n) is 3.48. The first-order valence-electron chi connectivity index (χ1n) is 9.95. The minimum Gasteiger partial charge on any atom is -0.493 e. The van der Waals surface area contributed by atoms with Crippen molar-refractivity contribution in [3.8, 4) is 17.4 Å². The molecule has 30 heavy (non-hydrogen) atoms. The van der Waals surface area contributed by atoms with Crippen molar-refractivity contribution in [1.82, 2.24) is 15.2 Å². The minimum absolute atomic E-state index is 0.462. The molecule has 2 heterocycles. The molecule has 0 saturated carbocycles. The first-order valence-corrected chi connectivity index (χ1v) is 9.95. The molecule has 0 fully saturated rings. The summed E-state index contributed by atoms with van der Waals surface area (Å²) in [6.07, 6.45) is 2.64. The standard InChI is InChI=1S/C22H30N4O4/c1-23-22(25-14-17-6-5-8-24-21(17)30-11-10-27-2)26-9-7-16-12-19(28-3)20(29-4)13-18(16)15-26/h5-6,8,12-13H,7,9-11,14-15H2,1-4H3,(H,23,25). The predicted molar refractivity (Wildman–Crippen MR) is 115 cm³/mol. The molecule has 1 N–H and O–H groups in total. The summed E-state index contributed by atoms with van der Waals surface area (Å²) < 4.78 is 21.7. The molecule has 1 aromatic carbocycles. The zero-order valence-corrected chi connectivity index (χ0v) is 18.1. The van der Waals surface area contributed by atoms with Crippen LogP contribution in [0.5, 0.6) is 17.4 Å². The van der Waals surface area contributed by atoms with Gasteiger partial charge in [-0.15, -0.1) is 0 Å². The van der Waals surface area contributed by atoms with Gasteiger partial charge in [0.25, 0.3) is 0 Å². The molecule has 8 nitrogen and oxygen atoms in total. The van der Waals surface area contributed by atoms with E-state index >= 15 is 0 Å². The second-order valence-electron chi connectivity index (χ2n) is 6.86. The lowest BCUT2D eigenvalue weighted by Gasteiger charge is -2.32. The number of nitrogens with zero attached hydrogens (tertiary/aromatic N) is 3. The van der Waals surface area contributed by atoms with E-state index in [1.165, 1.54) is 11.1 Å². The highest BCUT2D eigenvalue weighted by molar-refractivity contribution is 5.80. The van der Waals surface area contributed by atoms with Crippen molar-refractivity contribution in [2.75, 3.05) is 48.1 Å². The lowest BCUT2D eigenvalue weighted by atomic mass is 9.99. The van der Waals surface area contributed by atoms with E-state index in [0.717, 1.165) is 42.5 Å². The van der Waals surface area contributed by atoms with E-state index in [2.05, 4.69) is 32.3 Å². The maximum Gasteiger partial charge on any atom is 0.218 e. The fourth-order valence-corrected chi connectivity index (χ4v) is 3.48.